The van der Waals surface area contributed by atoms with Crippen LogP contribution in [0, 0.1) is 13.8 Å². The summed E-state index contributed by atoms with van der Waals surface area (Å²) in [6.45, 7) is 6.44. The number of azo groups is 1. The van der Waals surface area contributed by atoms with Crippen LogP contribution in [0.25, 0.3) is 0 Å². The Morgan fingerprint density at radius 1 is 1.17 bits per heavy atom. The second kappa shape index (κ2) is 5.44. The summed E-state index contributed by atoms with van der Waals surface area (Å²) in [6.07, 6.45) is 0. The number of aromatic amines is 1. The lowest BCUT2D eigenvalue weighted by Crippen LogP contribution is -1.89. The maximum Gasteiger partial charge on any atom is 0.129 e. The van der Waals surface area contributed by atoms with E-state index in [9.17, 15) is 0 Å². The first kappa shape index (κ1) is 12.3. The summed E-state index contributed by atoms with van der Waals surface area (Å²) >= 11 is 0. The molecule has 2 rings (SSSR count). The fraction of sp³-hybridized carbons (Fsp3) is 0.308. The van der Waals surface area contributed by atoms with Gasteiger partial charge in [0.1, 0.15) is 11.4 Å². The molecule has 0 unspecified atom stereocenters. The van der Waals surface area contributed by atoms with Crippen molar-refractivity contribution in [3.05, 3.63) is 35.7 Å². The number of hydrogen-bond donors (Lipinski definition) is 1. The first-order valence-electron chi connectivity index (χ1n) is 5.87. The zero-order valence-corrected chi connectivity index (χ0v) is 10.8. The van der Waals surface area contributed by atoms with Crippen molar-refractivity contribution in [2.75, 3.05) is 6.61 Å². The molecule has 0 saturated carbocycles. The summed E-state index contributed by atoms with van der Waals surface area (Å²) in [5, 5.41) is 15.3. The van der Waals surface area contributed by atoms with E-state index in [1.54, 1.807) is 0 Å². The molecule has 18 heavy (non-hydrogen) atoms. The Balaban J connectivity index is 2.14. The Morgan fingerprint density at radius 2 is 1.89 bits per heavy atom. The van der Waals surface area contributed by atoms with E-state index in [0.29, 0.717) is 6.61 Å². The molecule has 1 N–H and O–H groups in total. The van der Waals surface area contributed by atoms with Crippen LogP contribution in [0.4, 0.5) is 11.4 Å². The molecule has 0 aliphatic carbocycles. The van der Waals surface area contributed by atoms with Crippen LogP contribution in [0.15, 0.2) is 34.5 Å². The van der Waals surface area contributed by atoms with E-state index in [-0.39, 0.29) is 0 Å². The van der Waals surface area contributed by atoms with Crippen LogP contribution in [0.5, 0.6) is 5.75 Å². The van der Waals surface area contributed by atoms with Gasteiger partial charge in [-0.3, -0.25) is 5.10 Å². The number of hydrogen-bond acceptors (Lipinski definition) is 4. The van der Waals surface area contributed by atoms with Gasteiger partial charge in [-0.25, -0.2) is 0 Å². The molecule has 2 aromatic rings. The topological polar surface area (TPSA) is 62.6 Å². The third kappa shape index (κ3) is 2.74. The van der Waals surface area contributed by atoms with Crippen molar-refractivity contribution in [3.8, 4) is 5.75 Å². The van der Waals surface area contributed by atoms with Crippen LogP contribution >= 0.6 is 0 Å². The van der Waals surface area contributed by atoms with Gasteiger partial charge in [0.15, 0.2) is 0 Å². The number of nitrogens with zero attached hydrogens (tertiary/aromatic N) is 3. The Bertz CT molecular complexity index is 523. The Morgan fingerprint density at radius 3 is 2.44 bits per heavy atom. The number of nitrogens with one attached hydrogen (secondary N) is 1. The summed E-state index contributed by atoms with van der Waals surface area (Å²) < 4.78 is 5.36. The van der Waals surface area contributed by atoms with Crippen LogP contribution in [0.1, 0.15) is 18.3 Å². The van der Waals surface area contributed by atoms with Crippen LogP contribution < -0.4 is 4.74 Å². The molecule has 0 aliphatic heterocycles. The third-order valence-electron chi connectivity index (χ3n) is 2.50. The van der Waals surface area contributed by atoms with Crippen molar-refractivity contribution in [1.82, 2.24) is 10.2 Å². The van der Waals surface area contributed by atoms with Crippen molar-refractivity contribution in [3.63, 3.8) is 0 Å². The van der Waals surface area contributed by atoms with Crippen molar-refractivity contribution >= 4 is 11.4 Å². The van der Waals surface area contributed by atoms with E-state index in [2.05, 4.69) is 20.4 Å². The van der Waals surface area contributed by atoms with Crippen LogP contribution in [0.3, 0.4) is 0 Å². The molecule has 0 bridgehead atoms. The maximum absolute atomic E-state index is 5.36. The molecular formula is C13H16N4O. The minimum absolute atomic E-state index is 0.661. The molecule has 0 atom stereocenters. The molecule has 1 aromatic heterocycles. The second-order valence-electron chi connectivity index (χ2n) is 3.91. The number of rotatable bonds is 4. The predicted octanol–water partition coefficient (Wildman–Crippen LogP) is 3.84. The Labute approximate surface area is 106 Å². The smallest absolute Gasteiger partial charge is 0.129 e. The predicted molar refractivity (Wildman–Crippen MR) is 69.8 cm³/mol. The maximum atomic E-state index is 5.36. The van der Waals surface area contributed by atoms with Gasteiger partial charge in [0, 0.05) is 0 Å². The number of benzene rings is 1. The standard InChI is InChI=1S/C13H16N4O/c1-4-18-12-7-5-11(6-8-12)16-17-13-9(2)14-15-10(13)3/h5-8H,4H2,1-3H3,(H,14,15). The summed E-state index contributed by atoms with van der Waals surface area (Å²) in [5.74, 6) is 0.840. The van der Waals surface area contributed by atoms with Crippen LogP contribution in [-0.2, 0) is 0 Å². The monoisotopic (exact) mass is 244 g/mol. The normalized spacial score (nSPS) is 11.1. The lowest BCUT2D eigenvalue weighted by molar-refractivity contribution is 0.340. The van der Waals surface area contributed by atoms with Gasteiger partial charge in [-0.1, -0.05) is 0 Å². The minimum Gasteiger partial charge on any atom is -0.494 e. The first-order valence-corrected chi connectivity index (χ1v) is 5.87. The number of aryl methyl sites for hydroxylation is 2. The van der Waals surface area contributed by atoms with Crippen molar-refractivity contribution < 1.29 is 4.74 Å². The fourth-order valence-electron chi connectivity index (χ4n) is 1.58. The van der Waals surface area contributed by atoms with E-state index in [1.165, 1.54) is 0 Å². The quantitative estimate of drug-likeness (QED) is 0.830. The van der Waals surface area contributed by atoms with Gasteiger partial charge in [0.05, 0.1) is 23.7 Å². The molecule has 1 aromatic carbocycles. The Kier molecular flexibility index (Phi) is 3.72. The number of aromatic nitrogens is 2. The van der Waals surface area contributed by atoms with E-state index in [0.717, 1.165) is 28.5 Å². The van der Waals surface area contributed by atoms with Gasteiger partial charge in [0.2, 0.25) is 0 Å². The highest BCUT2D eigenvalue weighted by atomic mass is 16.5. The van der Waals surface area contributed by atoms with E-state index >= 15 is 0 Å². The van der Waals surface area contributed by atoms with Gasteiger partial charge in [-0.05, 0) is 45.0 Å². The Hall–Kier alpha value is -2.17. The SMILES string of the molecule is CCOc1ccc(N=Nc2c(C)n[nH]c2C)cc1. The van der Waals surface area contributed by atoms with Gasteiger partial charge < -0.3 is 4.74 Å². The fourth-order valence-corrected chi connectivity index (χ4v) is 1.58. The lowest BCUT2D eigenvalue weighted by atomic mass is 10.3. The largest absolute Gasteiger partial charge is 0.494 e. The molecule has 0 amide bonds. The average molecular weight is 244 g/mol. The van der Waals surface area contributed by atoms with Crippen LogP contribution in [0.2, 0.25) is 0 Å². The van der Waals surface area contributed by atoms with Gasteiger partial charge in [0.25, 0.3) is 0 Å². The zero-order chi connectivity index (χ0) is 13.0. The molecule has 0 spiro atoms. The lowest BCUT2D eigenvalue weighted by Gasteiger charge is -2.01. The highest BCUT2D eigenvalue weighted by molar-refractivity contribution is 5.46. The van der Waals surface area contributed by atoms with Gasteiger partial charge in [-0.2, -0.15) is 10.2 Å². The zero-order valence-electron chi connectivity index (χ0n) is 10.8. The summed E-state index contributed by atoms with van der Waals surface area (Å²) in [6, 6.07) is 7.51. The summed E-state index contributed by atoms with van der Waals surface area (Å²) in [4.78, 5) is 0. The van der Waals surface area contributed by atoms with E-state index in [4.69, 9.17) is 4.74 Å². The van der Waals surface area contributed by atoms with Crippen molar-refractivity contribution in [1.29, 1.82) is 0 Å². The molecule has 94 valence electrons. The molecule has 0 aliphatic rings. The van der Waals surface area contributed by atoms with Gasteiger partial charge >= 0.3 is 0 Å². The second-order valence-corrected chi connectivity index (χ2v) is 3.91. The molecular weight excluding hydrogens is 228 g/mol. The molecule has 0 fully saturated rings. The molecule has 1 heterocycles. The minimum atomic E-state index is 0.661. The van der Waals surface area contributed by atoms with Crippen molar-refractivity contribution in [2.45, 2.75) is 20.8 Å². The third-order valence-corrected chi connectivity index (χ3v) is 2.50. The number of H-pyrrole nitrogens is 1. The molecule has 0 saturated heterocycles. The van der Waals surface area contributed by atoms with E-state index in [1.807, 2.05) is 45.0 Å². The summed E-state index contributed by atoms with van der Waals surface area (Å²) in [5.41, 5.74) is 3.35. The van der Waals surface area contributed by atoms with Crippen LogP contribution in [-0.4, -0.2) is 16.8 Å². The van der Waals surface area contributed by atoms with Gasteiger partial charge in [-0.15, -0.1) is 5.11 Å². The highest BCUT2D eigenvalue weighted by Crippen LogP contribution is 2.24. The molecule has 0 radical (unpaired) electrons. The van der Waals surface area contributed by atoms with Crippen molar-refractivity contribution in [2.24, 2.45) is 10.2 Å². The first-order chi connectivity index (χ1) is 8.70. The number of ether oxygens (including phenoxy) is 1. The highest BCUT2D eigenvalue weighted by Gasteiger charge is 2.04. The molecule has 5 nitrogen and oxygen atoms in total. The van der Waals surface area contributed by atoms with E-state index < -0.39 is 0 Å². The average Bonchev–Trinajstić information content (AvgIpc) is 2.69. The molecule has 5 heteroatoms. The summed E-state index contributed by atoms with van der Waals surface area (Å²) in [7, 11) is 0.